The van der Waals surface area contributed by atoms with E-state index in [9.17, 15) is 0 Å². The Hall–Kier alpha value is -1.38. The predicted octanol–water partition coefficient (Wildman–Crippen LogP) is 4.16. The number of aromatic nitrogens is 1. The molecule has 1 aromatic carbocycles. The second-order valence-corrected chi connectivity index (χ2v) is 5.99. The summed E-state index contributed by atoms with van der Waals surface area (Å²) in [6, 6.07) is 10.3. The van der Waals surface area contributed by atoms with Crippen molar-refractivity contribution in [2.45, 2.75) is 38.1 Å². The summed E-state index contributed by atoms with van der Waals surface area (Å²) in [4.78, 5) is 4.57. The molecule has 0 aliphatic heterocycles. The fraction of sp³-hybridized carbons (Fsp3) is 0.353. The zero-order valence-corrected chi connectivity index (χ0v) is 12.4. The Morgan fingerprint density at radius 2 is 2.20 bits per heavy atom. The summed E-state index contributed by atoms with van der Waals surface area (Å²) in [7, 11) is 0. The normalized spacial score (nSPS) is 19.4. The molecule has 2 nitrogen and oxygen atoms in total. The maximum Gasteiger partial charge on any atom is 0.0485 e. The third-order valence-electron chi connectivity index (χ3n) is 4.25. The molecule has 3 heteroatoms. The van der Waals surface area contributed by atoms with E-state index in [1.165, 1.54) is 17.7 Å². The molecule has 2 N–H and O–H groups in total. The van der Waals surface area contributed by atoms with Gasteiger partial charge in [0.2, 0.25) is 0 Å². The van der Waals surface area contributed by atoms with Crippen molar-refractivity contribution in [1.29, 1.82) is 0 Å². The van der Waals surface area contributed by atoms with Gasteiger partial charge in [0.15, 0.2) is 0 Å². The summed E-state index contributed by atoms with van der Waals surface area (Å²) in [5, 5.41) is 0.787. The summed E-state index contributed by atoms with van der Waals surface area (Å²) in [5.41, 5.74) is 11.2. The van der Waals surface area contributed by atoms with Gasteiger partial charge in [0, 0.05) is 28.9 Å². The highest BCUT2D eigenvalue weighted by atomic mass is 35.5. The molecule has 1 aromatic heterocycles. The lowest BCUT2D eigenvalue weighted by molar-refractivity contribution is 0.463. The monoisotopic (exact) mass is 286 g/mol. The molecule has 3 rings (SSSR count). The number of benzene rings is 1. The predicted molar refractivity (Wildman–Crippen MR) is 83.0 cm³/mol. The third kappa shape index (κ3) is 2.46. The van der Waals surface area contributed by atoms with E-state index >= 15 is 0 Å². The van der Waals surface area contributed by atoms with Crippen molar-refractivity contribution in [3.8, 4) is 0 Å². The van der Waals surface area contributed by atoms with Crippen molar-refractivity contribution < 1.29 is 0 Å². The van der Waals surface area contributed by atoms with Crippen LogP contribution in [0.5, 0.6) is 0 Å². The molecule has 104 valence electrons. The summed E-state index contributed by atoms with van der Waals surface area (Å²) < 4.78 is 0. The highest BCUT2D eigenvalue weighted by Crippen LogP contribution is 2.38. The molecule has 0 saturated carbocycles. The van der Waals surface area contributed by atoms with Gasteiger partial charge < -0.3 is 5.73 Å². The van der Waals surface area contributed by atoms with Gasteiger partial charge in [-0.1, -0.05) is 29.8 Å². The number of nitrogens with zero attached hydrogens (tertiary/aromatic N) is 1. The molecular weight excluding hydrogens is 268 g/mol. The first kappa shape index (κ1) is 13.6. The number of hydrogen-bond acceptors (Lipinski definition) is 2. The van der Waals surface area contributed by atoms with Crippen LogP contribution < -0.4 is 5.73 Å². The van der Waals surface area contributed by atoms with E-state index in [4.69, 9.17) is 17.3 Å². The Morgan fingerprint density at radius 3 is 3.00 bits per heavy atom. The molecule has 0 radical (unpaired) electrons. The van der Waals surface area contributed by atoms with Crippen LogP contribution in [-0.2, 0) is 6.42 Å². The minimum atomic E-state index is -0.0398. The van der Waals surface area contributed by atoms with Crippen molar-refractivity contribution in [3.63, 3.8) is 0 Å². The summed E-state index contributed by atoms with van der Waals surface area (Å²) in [6.45, 7) is 2.01. The van der Waals surface area contributed by atoms with Crippen LogP contribution in [0.2, 0.25) is 5.02 Å². The fourth-order valence-electron chi connectivity index (χ4n) is 3.04. The maximum absolute atomic E-state index is 6.50. The third-order valence-corrected chi connectivity index (χ3v) is 4.66. The number of aryl methyl sites for hydroxylation is 2. The van der Waals surface area contributed by atoms with Crippen molar-refractivity contribution in [1.82, 2.24) is 4.98 Å². The van der Waals surface area contributed by atoms with E-state index in [-0.39, 0.29) is 6.04 Å². The first-order valence-corrected chi connectivity index (χ1v) is 7.50. The summed E-state index contributed by atoms with van der Waals surface area (Å²) in [6.07, 6.45) is 5.25. The molecule has 1 aliphatic rings. The van der Waals surface area contributed by atoms with Gasteiger partial charge in [-0.3, -0.25) is 4.98 Å². The largest absolute Gasteiger partial charge is 0.323 e. The van der Waals surface area contributed by atoms with Gasteiger partial charge in [-0.15, -0.1) is 0 Å². The van der Waals surface area contributed by atoms with Crippen LogP contribution in [-0.4, -0.2) is 4.98 Å². The second kappa shape index (κ2) is 5.55. The topological polar surface area (TPSA) is 38.9 Å². The van der Waals surface area contributed by atoms with Crippen molar-refractivity contribution in [3.05, 3.63) is 63.9 Å². The van der Waals surface area contributed by atoms with Gasteiger partial charge in [0.05, 0.1) is 0 Å². The van der Waals surface area contributed by atoms with Gasteiger partial charge in [-0.2, -0.15) is 0 Å². The number of fused-ring (bicyclic) bond motifs is 1. The Kier molecular flexibility index (Phi) is 3.77. The van der Waals surface area contributed by atoms with Crippen LogP contribution in [0, 0.1) is 6.92 Å². The van der Waals surface area contributed by atoms with Crippen molar-refractivity contribution >= 4 is 11.6 Å². The van der Waals surface area contributed by atoms with E-state index in [0.717, 1.165) is 29.0 Å². The molecule has 0 saturated heterocycles. The van der Waals surface area contributed by atoms with Crippen LogP contribution in [0.4, 0.5) is 0 Å². The molecule has 0 spiro atoms. The van der Waals surface area contributed by atoms with E-state index in [0.29, 0.717) is 5.92 Å². The quantitative estimate of drug-likeness (QED) is 0.900. The molecule has 0 bridgehead atoms. The van der Waals surface area contributed by atoms with Crippen LogP contribution in [0.3, 0.4) is 0 Å². The molecule has 1 heterocycles. The highest BCUT2D eigenvalue weighted by molar-refractivity contribution is 6.31. The summed E-state index contributed by atoms with van der Waals surface area (Å²) >= 11 is 6.23. The SMILES string of the molecule is Cc1ccc(C(N)C2CCCc3cccnc32)cc1Cl. The van der Waals surface area contributed by atoms with Crippen molar-refractivity contribution in [2.75, 3.05) is 0 Å². The molecule has 0 fully saturated rings. The minimum Gasteiger partial charge on any atom is -0.323 e. The standard InChI is InChI=1S/C17H19ClN2/c1-11-7-8-13(10-15(11)18)16(19)14-6-2-4-12-5-3-9-20-17(12)14/h3,5,7-10,14,16H,2,4,6,19H2,1H3. The van der Waals surface area contributed by atoms with Crippen LogP contribution in [0.15, 0.2) is 36.5 Å². The number of rotatable bonds is 2. The molecule has 20 heavy (non-hydrogen) atoms. The number of pyridine rings is 1. The van der Waals surface area contributed by atoms with Crippen LogP contribution in [0.1, 0.15) is 47.2 Å². The lowest BCUT2D eigenvalue weighted by atomic mass is 9.80. The molecule has 0 amide bonds. The molecule has 2 aromatic rings. The minimum absolute atomic E-state index is 0.0398. The second-order valence-electron chi connectivity index (χ2n) is 5.58. The van der Waals surface area contributed by atoms with Crippen LogP contribution >= 0.6 is 11.6 Å². The molecular formula is C17H19ClN2. The lowest BCUT2D eigenvalue weighted by Gasteiger charge is -2.29. The van der Waals surface area contributed by atoms with Crippen molar-refractivity contribution in [2.24, 2.45) is 5.73 Å². The van der Waals surface area contributed by atoms with Gasteiger partial charge in [0.25, 0.3) is 0 Å². The Labute approximate surface area is 125 Å². The smallest absolute Gasteiger partial charge is 0.0485 e. The van der Waals surface area contributed by atoms with E-state index in [1.54, 1.807) is 0 Å². The van der Waals surface area contributed by atoms with Gasteiger partial charge in [0.1, 0.15) is 0 Å². The molecule has 2 atom stereocenters. The first-order valence-electron chi connectivity index (χ1n) is 7.12. The first-order chi connectivity index (χ1) is 9.66. The number of halogens is 1. The Balaban J connectivity index is 1.95. The number of nitrogens with two attached hydrogens (primary N) is 1. The Morgan fingerprint density at radius 1 is 1.35 bits per heavy atom. The highest BCUT2D eigenvalue weighted by Gasteiger charge is 2.27. The zero-order chi connectivity index (χ0) is 14.1. The summed E-state index contributed by atoms with van der Waals surface area (Å²) in [5.74, 6) is 0.290. The van der Waals surface area contributed by atoms with Gasteiger partial charge >= 0.3 is 0 Å². The zero-order valence-electron chi connectivity index (χ0n) is 11.6. The molecule has 2 unspecified atom stereocenters. The number of hydrogen-bond donors (Lipinski definition) is 1. The average Bonchev–Trinajstić information content (AvgIpc) is 2.49. The van der Waals surface area contributed by atoms with E-state index in [2.05, 4.69) is 17.1 Å². The van der Waals surface area contributed by atoms with Gasteiger partial charge in [-0.05, 0) is 55.0 Å². The van der Waals surface area contributed by atoms with Crippen LogP contribution in [0.25, 0.3) is 0 Å². The van der Waals surface area contributed by atoms with E-state index in [1.807, 2.05) is 31.3 Å². The average molecular weight is 287 g/mol. The van der Waals surface area contributed by atoms with E-state index < -0.39 is 0 Å². The Bertz CT molecular complexity index is 624. The lowest BCUT2D eigenvalue weighted by Crippen LogP contribution is -2.24. The molecule has 1 aliphatic carbocycles. The fourth-order valence-corrected chi connectivity index (χ4v) is 3.23. The van der Waals surface area contributed by atoms with Gasteiger partial charge in [-0.25, -0.2) is 0 Å². The maximum atomic E-state index is 6.50.